The standard InChI is InChI=1S/C28H19ClF6N4O3S/c1-14-23(25(41)39-20-11-15(27(30,31)32)8-9-18(20)29)24(21-7-4-10-42-21)16(12-36)26(37-14)43-13-22(40)38-19-6-3-2-5-17(19)28(33,34)35/h2-11,24,37H,13H2,1H3,(H,38,40)(H,39,41)/t24-/m0/s1. The summed E-state index contributed by atoms with van der Waals surface area (Å²) in [7, 11) is 0. The first-order chi connectivity index (χ1) is 20.2. The van der Waals surface area contributed by atoms with Crippen LogP contribution in [0.2, 0.25) is 5.02 Å². The summed E-state index contributed by atoms with van der Waals surface area (Å²) < 4.78 is 85.2. The zero-order chi connectivity index (χ0) is 31.5. The van der Waals surface area contributed by atoms with Crippen LogP contribution in [0.5, 0.6) is 0 Å². The van der Waals surface area contributed by atoms with Crippen LogP contribution in [0.1, 0.15) is 29.7 Å². The average Bonchev–Trinajstić information content (AvgIpc) is 3.46. The number of anilines is 2. The van der Waals surface area contributed by atoms with E-state index in [9.17, 15) is 41.2 Å². The van der Waals surface area contributed by atoms with Gasteiger partial charge in [-0.2, -0.15) is 31.6 Å². The monoisotopic (exact) mass is 640 g/mol. The number of rotatable bonds is 7. The summed E-state index contributed by atoms with van der Waals surface area (Å²) >= 11 is 6.85. The van der Waals surface area contributed by atoms with Crippen molar-refractivity contribution in [3.05, 3.63) is 105 Å². The van der Waals surface area contributed by atoms with Crippen molar-refractivity contribution in [3.8, 4) is 6.07 Å². The third-order valence-corrected chi connectivity index (χ3v) is 7.46. The Hall–Kier alpha value is -4.35. The molecule has 3 N–H and O–H groups in total. The minimum Gasteiger partial charge on any atom is -0.468 e. The fraction of sp³-hybridized carbons (Fsp3) is 0.179. The van der Waals surface area contributed by atoms with Crippen molar-refractivity contribution in [2.24, 2.45) is 0 Å². The van der Waals surface area contributed by atoms with E-state index in [4.69, 9.17) is 16.0 Å². The number of carbonyl (C=O) groups excluding carboxylic acids is 2. The van der Waals surface area contributed by atoms with E-state index in [2.05, 4.69) is 16.0 Å². The van der Waals surface area contributed by atoms with Crippen molar-refractivity contribution in [2.45, 2.75) is 25.2 Å². The van der Waals surface area contributed by atoms with E-state index < -0.39 is 52.7 Å². The number of alkyl halides is 6. The topological polar surface area (TPSA) is 107 Å². The van der Waals surface area contributed by atoms with Gasteiger partial charge in [0.1, 0.15) is 5.76 Å². The summed E-state index contributed by atoms with van der Waals surface area (Å²) in [5.41, 5.74) is -2.82. The van der Waals surface area contributed by atoms with Crippen LogP contribution in [0.15, 0.2) is 87.1 Å². The van der Waals surface area contributed by atoms with Crippen LogP contribution in [0, 0.1) is 11.3 Å². The van der Waals surface area contributed by atoms with Gasteiger partial charge in [0.25, 0.3) is 5.91 Å². The Balaban J connectivity index is 1.61. The number of allylic oxidation sites excluding steroid dienone is 2. The van der Waals surface area contributed by atoms with E-state index in [-0.39, 0.29) is 38.3 Å². The molecule has 0 fully saturated rings. The van der Waals surface area contributed by atoms with Crippen molar-refractivity contribution in [1.29, 1.82) is 5.26 Å². The molecule has 43 heavy (non-hydrogen) atoms. The third-order valence-electron chi connectivity index (χ3n) is 6.12. The highest BCUT2D eigenvalue weighted by molar-refractivity contribution is 8.03. The summed E-state index contributed by atoms with van der Waals surface area (Å²) in [6.45, 7) is 1.47. The first kappa shape index (κ1) is 31.6. The molecular weight excluding hydrogens is 622 g/mol. The van der Waals surface area contributed by atoms with Gasteiger partial charge < -0.3 is 20.4 Å². The summed E-state index contributed by atoms with van der Waals surface area (Å²) in [5.74, 6) is -3.11. The molecule has 2 amide bonds. The number of nitrogens with one attached hydrogen (secondary N) is 3. The molecular formula is C28H19ClF6N4O3S. The Kier molecular flexibility index (Phi) is 9.17. The Labute approximate surface area is 249 Å². The molecule has 1 aromatic heterocycles. The van der Waals surface area contributed by atoms with Gasteiger partial charge in [0.05, 0.1) is 67.7 Å². The van der Waals surface area contributed by atoms with Gasteiger partial charge in [0.2, 0.25) is 5.91 Å². The second-order valence-electron chi connectivity index (χ2n) is 8.99. The largest absolute Gasteiger partial charge is 0.468 e. The lowest BCUT2D eigenvalue weighted by Crippen LogP contribution is -2.31. The number of amides is 2. The molecule has 0 aliphatic carbocycles. The Bertz CT molecular complexity index is 1660. The number of hydrogen-bond donors (Lipinski definition) is 3. The molecule has 1 aliphatic rings. The predicted octanol–water partition coefficient (Wildman–Crippen LogP) is 7.68. The van der Waals surface area contributed by atoms with E-state index in [0.717, 1.165) is 36.0 Å². The molecule has 15 heteroatoms. The molecule has 0 unspecified atom stereocenters. The first-order valence-electron chi connectivity index (χ1n) is 12.1. The predicted molar refractivity (Wildman–Crippen MR) is 148 cm³/mol. The van der Waals surface area contributed by atoms with Crippen molar-refractivity contribution >= 4 is 46.6 Å². The maximum Gasteiger partial charge on any atom is 0.418 e. The minimum absolute atomic E-state index is 0.0747. The van der Waals surface area contributed by atoms with Crippen molar-refractivity contribution in [3.63, 3.8) is 0 Å². The molecule has 0 radical (unpaired) electrons. The molecule has 0 bridgehead atoms. The quantitative estimate of drug-likeness (QED) is 0.229. The van der Waals surface area contributed by atoms with Gasteiger partial charge in [-0.3, -0.25) is 9.59 Å². The summed E-state index contributed by atoms with van der Waals surface area (Å²) in [4.78, 5) is 26.1. The van der Waals surface area contributed by atoms with Crippen LogP contribution >= 0.6 is 23.4 Å². The van der Waals surface area contributed by atoms with Crippen LogP contribution in [0.3, 0.4) is 0 Å². The van der Waals surface area contributed by atoms with E-state index in [0.29, 0.717) is 6.07 Å². The Morgan fingerprint density at radius 2 is 1.74 bits per heavy atom. The van der Waals surface area contributed by atoms with Crippen LogP contribution in [-0.4, -0.2) is 17.6 Å². The molecule has 1 aliphatic heterocycles. The summed E-state index contributed by atoms with van der Waals surface area (Å²) in [6.07, 6.45) is -8.11. The van der Waals surface area contributed by atoms with Gasteiger partial charge in [-0.05, 0) is 49.4 Å². The molecule has 2 heterocycles. The number of nitriles is 1. The number of hydrogen-bond acceptors (Lipinski definition) is 6. The Morgan fingerprint density at radius 1 is 1.02 bits per heavy atom. The number of carbonyl (C=O) groups is 2. The first-order valence-corrected chi connectivity index (χ1v) is 13.5. The normalized spacial score (nSPS) is 15.6. The maximum absolute atomic E-state index is 13.5. The van der Waals surface area contributed by atoms with Gasteiger partial charge in [-0.1, -0.05) is 35.5 Å². The number of furan rings is 1. The number of para-hydroxylation sites is 1. The molecule has 0 spiro atoms. The van der Waals surface area contributed by atoms with Gasteiger partial charge in [0, 0.05) is 5.70 Å². The molecule has 7 nitrogen and oxygen atoms in total. The smallest absolute Gasteiger partial charge is 0.418 e. The number of benzene rings is 2. The van der Waals surface area contributed by atoms with Crippen LogP contribution < -0.4 is 16.0 Å². The van der Waals surface area contributed by atoms with Gasteiger partial charge in [-0.25, -0.2) is 0 Å². The second kappa shape index (κ2) is 12.5. The average molecular weight is 641 g/mol. The van der Waals surface area contributed by atoms with Crippen LogP contribution in [-0.2, 0) is 21.9 Å². The molecule has 4 rings (SSSR count). The van der Waals surface area contributed by atoms with E-state index in [1.807, 2.05) is 6.07 Å². The van der Waals surface area contributed by atoms with E-state index in [1.54, 1.807) is 0 Å². The zero-order valence-corrected chi connectivity index (χ0v) is 23.4. The SMILES string of the molecule is CC1=C(C(=O)Nc2cc(C(F)(F)F)ccc2Cl)[C@H](c2ccco2)C(C#N)=C(SCC(=O)Nc2ccccc2C(F)(F)F)N1. The van der Waals surface area contributed by atoms with Crippen molar-refractivity contribution < 1.29 is 40.3 Å². The molecule has 224 valence electrons. The highest BCUT2D eigenvalue weighted by Crippen LogP contribution is 2.42. The number of thioether (sulfide) groups is 1. The van der Waals surface area contributed by atoms with Gasteiger partial charge in [0.15, 0.2) is 0 Å². The van der Waals surface area contributed by atoms with E-state index in [1.165, 1.54) is 37.5 Å². The number of halogens is 7. The number of nitrogens with zero attached hydrogens (tertiary/aromatic N) is 1. The lowest BCUT2D eigenvalue weighted by atomic mass is 9.85. The molecule has 2 aromatic carbocycles. The van der Waals surface area contributed by atoms with Gasteiger partial charge >= 0.3 is 12.4 Å². The minimum atomic E-state index is -4.70. The van der Waals surface area contributed by atoms with Crippen molar-refractivity contribution in [1.82, 2.24) is 5.32 Å². The van der Waals surface area contributed by atoms with Crippen LogP contribution in [0.4, 0.5) is 37.7 Å². The summed E-state index contributed by atoms with van der Waals surface area (Å²) in [5, 5.41) is 17.5. The van der Waals surface area contributed by atoms with Crippen LogP contribution in [0.25, 0.3) is 0 Å². The fourth-order valence-corrected chi connectivity index (χ4v) is 5.27. The van der Waals surface area contributed by atoms with E-state index >= 15 is 0 Å². The molecule has 1 atom stereocenters. The second-order valence-corrected chi connectivity index (χ2v) is 10.4. The van der Waals surface area contributed by atoms with Crippen molar-refractivity contribution in [2.75, 3.05) is 16.4 Å². The van der Waals surface area contributed by atoms with Gasteiger partial charge in [-0.15, -0.1) is 0 Å². The fourth-order valence-electron chi connectivity index (χ4n) is 4.22. The maximum atomic E-state index is 13.5. The number of dihydropyridines is 1. The lowest BCUT2D eigenvalue weighted by molar-refractivity contribution is -0.138. The molecule has 0 saturated carbocycles. The zero-order valence-electron chi connectivity index (χ0n) is 21.8. The highest BCUT2D eigenvalue weighted by Gasteiger charge is 2.38. The lowest BCUT2D eigenvalue weighted by Gasteiger charge is -2.28. The highest BCUT2D eigenvalue weighted by atomic mass is 35.5. The molecule has 3 aromatic rings. The summed E-state index contributed by atoms with van der Waals surface area (Å²) in [6, 6.07) is 11.8. The Morgan fingerprint density at radius 3 is 2.37 bits per heavy atom. The molecule has 0 saturated heterocycles. The third kappa shape index (κ3) is 7.18.